The van der Waals surface area contributed by atoms with E-state index in [4.69, 9.17) is 26.2 Å². The number of nitrogens with zero attached hydrogens (tertiary/aromatic N) is 4. The number of hydrogen-bond acceptors (Lipinski definition) is 6. The molecule has 5 rings (SSSR count). The third-order valence-electron chi connectivity index (χ3n) is 6.31. The average molecular weight is 469 g/mol. The summed E-state index contributed by atoms with van der Waals surface area (Å²) < 4.78 is 11.0. The van der Waals surface area contributed by atoms with E-state index in [-0.39, 0.29) is 31.2 Å². The molecule has 3 aliphatic heterocycles. The summed E-state index contributed by atoms with van der Waals surface area (Å²) >= 11 is 6.44. The first-order valence-electron chi connectivity index (χ1n) is 11.0. The highest BCUT2D eigenvalue weighted by atomic mass is 35.5. The van der Waals surface area contributed by atoms with Crippen molar-refractivity contribution in [3.8, 4) is 11.5 Å². The van der Waals surface area contributed by atoms with E-state index in [2.05, 4.69) is 4.90 Å². The van der Waals surface area contributed by atoms with E-state index in [0.717, 1.165) is 16.8 Å². The zero-order valence-corrected chi connectivity index (χ0v) is 19.1. The number of amides is 2. The highest BCUT2D eigenvalue weighted by molar-refractivity contribution is 6.34. The summed E-state index contributed by atoms with van der Waals surface area (Å²) in [6, 6.07) is 13.0. The van der Waals surface area contributed by atoms with Crippen LogP contribution in [0.25, 0.3) is 0 Å². The van der Waals surface area contributed by atoms with E-state index in [9.17, 15) is 9.59 Å². The van der Waals surface area contributed by atoms with Crippen LogP contribution < -0.4 is 9.47 Å². The van der Waals surface area contributed by atoms with Crippen LogP contribution in [-0.2, 0) is 9.59 Å². The second-order valence-corrected chi connectivity index (χ2v) is 8.79. The number of carbonyl (C=O) groups excluding carboxylic acids is 2. The van der Waals surface area contributed by atoms with Crippen molar-refractivity contribution in [1.29, 1.82) is 0 Å². The Morgan fingerprint density at radius 1 is 1.06 bits per heavy atom. The predicted octanol–water partition coefficient (Wildman–Crippen LogP) is 2.91. The number of piperazine rings is 1. The fraction of sp³-hybridized carbons (Fsp3) is 0.375. The molecule has 0 spiro atoms. The lowest BCUT2D eigenvalue weighted by Crippen LogP contribution is -2.50. The molecule has 0 unspecified atom stereocenters. The van der Waals surface area contributed by atoms with Gasteiger partial charge in [-0.1, -0.05) is 35.9 Å². The van der Waals surface area contributed by atoms with Crippen molar-refractivity contribution >= 4 is 29.1 Å². The molecule has 0 saturated carbocycles. The van der Waals surface area contributed by atoms with Gasteiger partial charge in [-0.2, -0.15) is 5.10 Å². The molecule has 1 fully saturated rings. The fourth-order valence-corrected chi connectivity index (χ4v) is 4.71. The van der Waals surface area contributed by atoms with Crippen molar-refractivity contribution in [3.63, 3.8) is 0 Å². The lowest BCUT2D eigenvalue weighted by atomic mass is 9.98. The first-order chi connectivity index (χ1) is 16.0. The van der Waals surface area contributed by atoms with Crippen molar-refractivity contribution in [2.75, 3.05) is 39.5 Å². The van der Waals surface area contributed by atoms with Gasteiger partial charge in [0.1, 0.15) is 0 Å². The number of carbonyl (C=O) groups is 2. The molecule has 0 aromatic heterocycles. The number of rotatable bonds is 4. The summed E-state index contributed by atoms with van der Waals surface area (Å²) in [5.41, 5.74) is 2.54. The SMILES string of the molecule is CC(=O)N1CCN(CC(=O)N2N=C(c3ccccc3Cl)C[C@H]2c2ccc3c(c2)OCO3)CC1. The van der Waals surface area contributed by atoms with Crippen LogP contribution in [0, 0.1) is 0 Å². The van der Waals surface area contributed by atoms with E-state index in [1.807, 2.05) is 42.5 Å². The fourth-order valence-electron chi connectivity index (χ4n) is 4.46. The van der Waals surface area contributed by atoms with Gasteiger partial charge in [0.15, 0.2) is 11.5 Å². The van der Waals surface area contributed by atoms with Crippen molar-refractivity contribution < 1.29 is 19.1 Å². The van der Waals surface area contributed by atoms with Crippen LogP contribution in [0.15, 0.2) is 47.6 Å². The maximum absolute atomic E-state index is 13.4. The van der Waals surface area contributed by atoms with E-state index >= 15 is 0 Å². The number of fused-ring (bicyclic) bond motifs is 1. The van der Waals surface area contributed by atoms with Crippen molar-refractivity contribution in [2.24, 2.45) is 5.10 Å². The molecular formula is C24H25ClN4O4. The van der Waals surface area contributed by atoms with Crippen LogP contribution in [0.4, 0.5) is 0 Å². The number of ether oxygens (including phenoxy) is 2. The molecule has 1 atom stereocenters. The summed E-state index contributed by atoms with van der Waals surface area (Å²) in [4.78, 5) is 28.9. The third-order valence-corrected chi connectivity index (χ3v) is 6.64. The van der Waals surface area contributed by atoms with Crippen LogP contribution >= 0.6 is 11.6 Å². The minimum Gasteiger partial charge on any atom is -0.454 e. The topological polar surface area (TPSA) is 74.7 Å². The molecule has 1 saturated heterocycles. The van der Waals surface area contributed by atoms with Crippen LogP contribution in [0.1, 0.15) is 30.5 Å². The number of hydrogen-bond donors (Lipinski definition) is 0. The maximum atomic E-state index is 13.4. The summed E-state index contributed by atoms with van der Waals surface area (Å²) in [6.07, 6.45) is 0.549. The molecule has 0 bridgehead atoms. The van der Waals surface area contributed by atoms with Crippen LogP contribution in [0.5, 0.6) is 11.5 Å². The molecule has 172 valence electrons. The number of halogens is 1. The highest BCUT2D eigenvalue weighted by Crippen LogP contribution is 2.39. The summed E-state index contributed by atoms with van der Waals surface area (Å²) in [5.74, 6) is 1.35. The molecule has 2 amide bonds. The minimum atomic E-state index is -0.267. The summed E-state index contributed by atoms with van der Waals surface area (Å²) in [7, 11) is 0. The summed E-state index contributed by atoms with van der Waals surface area (Å²) in [6.45, 7) is 4.59. The standard InChI is InChI=1S/C24H25ClN4O4/c1-16(30)28-10-8-27(9-11-28)14-24(31)29-21(17-6-7-22-23(12-17)33-15-32-22)13-20(26-29)18-4-2-3-5-19(18)25/h2-7,12,21H,8-11,13-15H2,1H3/t21-/m0/s1. The van der Waals surface area contributed by atoms with E-state index in [0.29, 0.717) is 49.1 Å². The van der Waals surface area contributed by atoms with Crippen LogP contribution in [-0.4, -0.2) is 71.9 Å². The second-order valence-electron chi connectivity index (χ2n) is 8.38. The smallest absolute Gasteiger partial charge is 0.257 e. The van der Waals surface area contributed by atoms with Crippen LogP contribution in [0.3, 0.4) is 0 Å². The van der Waals surface area contributed by atoms with Gasteiger partial charge in [-0.15, -0.1) is 0 Å². The number of benzene rings is 2. The van der Waals surface area contributed by atoms with Crippen molar-refractivity contribution in [2.45, 2.75) is 19.4 Å². The van der Waals surface area contributed by atoms with Crippen molar-refractivity contribution in [3.05, 3.63) is 58.6 Å². The molecule has 0 N–H and O–H groups in total. The van der Waals surface area contributed by atoms with Gasteiger partial charge in [0.05, 0.1) is 18.3 Å². The normalized spacial score (nSPS) is 20.2. The Kier molecular flexibility index (Phi) is 5.95. The Labute approximate surface area is 197 Å². The van der Waals surface area contributed by atoms with Gasteiger partial charge in [-0.3, -0.25) is 14.5 Å². The Hall–Kier alpha value is -3.10. The van der Waals surface area contributed by atoms with Gasteiger partial charge >= 0.3 is 0 Å². The second kappa shape index (κ2) is 9.03. The summed E-state index contributed by atoms with van der Waals surface area (Å²) in [5, 5.41) is 6.92. The molecule has 0 aliphatic carbocycles. The molecule has 8 nitrogen and oxygen atoms in total. The Morgan fingerprint density at radius 2 is 1.82 bits per heavy atom. The van der Waals surface area contributed by atoms with E-state index in [1.54, 1.807) is 16.8 Å². The molecule has 0 radical (unpaired) electrons. The van der Waals surface area contributed by atoms with Crippen LogP contribution in [0.2, 0.25) is 5.02 Å². The largest absolute Gasteiger partial charge is 0.454 e. The Morgan fingerprint density at radius 3 is 2.58 bits per heavy atom. The third kappa shape index (κ3) is 4.41. The van der Waals surface area contributed by atoms with Crippen molar-refractivity contribution in [1.82, 2.24) is 14.8 Å². The van der Waals surface area contributed by atoms with E-state index in [1.165, 1.54) is 0 Å². The molecular weight excluding hydrogens is 444 g/mol. The number of hydrazone groups is 1. The zero-order valence-electron chi connectivity index (χ0n) is 18.4. The van der Waals surface area contributed by atoms with E-state index < -0.39 is 0 Å². The maximum Gasteiger partial charge on any atom is 0.257 e. The Balaban J connectivity index is 1.39. The molecule has 2 aromatic carbocycles. The highest BCUT2D eigenvalue weighted by Gasteiger charge is 2.35. The monoisotopic (exact) mass is 468 g/mol. The Bertz CT molecular complexity index is 1110. The molecule has 3 heterocycles. The quantitative estimate of drug-likeness (QED) is 0.689. The zero-order chi connectivity index (χ0) is 22.9. The van der Waals surface area contributed by atoms with Gasteiger partial charge in [-0.25, -0.2) is 5.01 Å². The molecule has 9 heteroatoms. The van der Waals surface area contributed by atoms with Gasteiger partial charge < -0.3 is 14.4 Å². The lowest BCUT2D eigenvalue weighted by Gasteiger charge is -2.34. The average Bonchev–Trinajstić information content (AvgIpc) is 3.46. The molecule has 33 heavy (non-hydrogen) atoms. The van der Waals surface area contributed by atoms with Gasteiger partial charge in [0.2, 0.25) is 12.7 Å². The predicted molar refractivity (Wildman–Crippen MR) is 123 cm³/mol. The van der Waals surface area contributed by atoms with Gasteiger partial charge in [0, 0.05) is 50.1 Å². The molecule has 2 aromatic rings. The lowest BCUT2D eigenvalue weighted by molar-refractivity contribution is -0.135. The van der Waals surface area contributed by atoms with Gasteiger partial charge in [-0.05, 0) is 23.8 Å². The molecule has 3 aliphatic rings. The minimum absolute atomic E-state index is 0.0670. The first-order valence-corrected chi connectivity index (χ1v) is 11.4. The van der Waals surface area contributed by atoms with Gasteiger partial charge in [0.25, 0.3) is 5.91 Å². The first kappa shape index (κ1) is 21.7.